The lowest BCUT2D eigenvalue weighted by Gasteiger charge is -2.16. The van der Waals surface area contributed by atoms with Crippen LogP contribution in [0.1, 0.15) is 6.42 Å². The molecule has 18 heavy (non-hydrogen) atoms. The van der Waals surface area contributed by atoms with E-state index in [0.29, 0.717) is 19.1 Å². The first-order chi connectivity index (χ1) is 8.83. The molecule has 4 nitrogen and oxygen atoms in total. The van der Waals surface area contributed by atoms with Crippen molar-refractivity contribution >= 4 is 0 Å². The summed E-state index contributed by atoms with van der Waals surface area (Å²) in [6.07, 6.45) is 1.09. The molecule has 0 aliphatic carbocycles. The summed E-state index contributed by atoms with van der Waals surface area (Å²) < 4.78 is 11.0. The summed E-state index contributed by atoms with van der Waals surface area (Å²) in [7, 11) is 1.65. The van der Waals surface area contributed by atoms with E-state index in [1.807, 2.05) is 24.3 Å². The van der Waals surface area contributed by atoms with Crippen LogP contribution in [0, 0.1) is 5.92 Å². The number of aliphatic hydroxyl groups is 1. The highest BCUT2D eigenvalue weighted by Gasteiger charge is 2.21. The number of para-hydroxylation sites is 2. The lowest BCUT2D eigenvalue weighted by molar-refractivity contribution is 0.202. The maximum atomic E-state index is 9.08. The first kappa shape index (κ1) is 13.2. The predicted molar refractivity (Wildman–Crippen MR) is 70.1 cm³/mol. The van der Waals surface area contributed by atoms with Gasteiger partial charge in [0.1, 0.15) is 6.61 Å². The van der Waals surface area contributed by atoms with E-state index >= 15 is 0 Å². The second kappa shape index (κ2) is 6.61. The van der Waals surface area contributed by atoms with Crippen molar-refractivity contribution in [1.82, 2.24) is 4.90 Å². The molecule has 1 aliphatic heterocycles. The van der Waals surface area contributed by atoms with Crippen molar-refractivity contribution in [2.24, 2.45) is 5.92 Å². The van der Waals surface area contributed by atoms with Gasteiger partial charge >= 0.3 is 0 Å². The van der Waals surface area contributed by atoms with Crippen molar-refractivity contribution in [3.63, 3.8) is 0 Å². The van der Waals surface area contributed by atoms with Gasteiger partial charge in [-0.05, 0) is 31.0 Å². The molecule has 1 atom stereocenters. The van der Waals surface area contributed by atoms with Gasteiger partial charge in [-0.15, -0.1) is 0 Å². The number of rotatable bonds is 6. The van der Waals surface area contributed by atoms with Crippen LogP contribution in [-0.2, 0) is 0 Å². The standard InChI is InChI=1S/C14H21NO3/c1-17-13-4-2-3-5-14(13)18-9-8-15-7-6-12(10-15)11-16/h2-5,12,16H,6-11H2,1H3. The van der Waals surface area contributed by atoms with Crippen LogP contribution in [0.25, 0.3) is 0 Å². The Kier molecular flexibility index (Phi) is 4.84. The van der Waals surface area contributed by atoms with Crippen molar-refractivity contribution in [2.75, 3.05) is 40.0 Å². The molecule has 4 heteroatoms. The molecule has 1 N–H and O–H groups in total. The maximum Gasteiger partial charge on any atom is 0.161 e. The first-order valence-electron chi connectivity index (χ1n) is 6.42. The summed E-state index contributed by atoms with van der Waals surface area (Å²) in [4.78, 5) is 2.33. The zero-order valence-electron chi connectivity index (χ0n) is 10.8. The highest BCUT2D eigenvalue weighted by atomic mass is 16.5. The van der Waals surface area contributed by atoms with Crippen molar-refractivity contribution in [1.29, 1.82) is 0 Å². The molecule has 1 saturated heterocycles. The highest BCUT2D eigenvalue weighted by molar-refractivity contribution is 5.39. The summed E-state index contributed by atoms with van der Waals surface area (Å²) >= 11 is 0. The largest absolute Gasteiger partial charge is 0.493 e. The van der Waals surface area contributed by atoms with Crippen LogP contribution in [0.15, 0.2) is 24.3 Å². The maximum absolute atomic E-state index is 9.08. The highest BCUT2D eigenvalue weighted by Crippen LogP contribution is 2.25. The molecule has 0 spiro atoms. The topological polar surface area (TPSA) is 41.9 Å². The Morgan fingerprint density at radius 1 is 1.33 bits per heavy atom. The van der Waals surface area contributed by atoms with Crippen LogP contribution in [0.4, 0.5) is 0 Å². The Morgan fingerprint density at radius 2 is 2.11 bits per heavy atom. The summed E-state index contributed by atoms with van der Waals surface area (Å²) in [5.74, 6) is 2.00. The Labute approximate surface area is 108 Å². The van der Waals surface area contributed by atoms with Gasteiger partial charge in [0.15, 0.2) is 11.5 Å². The van der Waals surface area contributed by atoms with E-state index in [2.05, 4.69) is 4.90 Å². The van der Waals surface area contributed by atoms with Gasteiger partial charge in [0.25, 0.3) is 0 Å². The van der Waals surface area contributed by atoms with Crippen LogP contribution >= 0.6 is 0 Å². The van der Waals surface area contributed by atoms with E-state index in [1.165, 1.54) is 0 Å². The number of nitrogens with zero attached hydrogens (tertiary/aromatic N) is 1. The molecule has 1 unspecified atom stereocenters. The SMILES string of the molecule is COc1ccccc1OCCN1CCC(CO)C1. The fraction of sp³-hybridized carbons (Fsp3) is 0.571. The molecule has 0 aromatic heterocycles. The van der Waals surface area contributed by atoms with Crippen molar-refractivity contribution in [2.45, 2.75) is 6.42 Å². The van der Waals surface area contributed by atoms with E-state index in [0.717, 1.165) is 37.6 Å². The third kappa shape index (κ3) is 3.37. The summed E-state index contributed by atoms with van der Waals surface area (Å²) in [5.41, 5.74) is 0. The van der Waals surface area contributed by atoms with Gasteiger partial charge in [-0.2, -0.15) is 0 Å². The van der Waals surface area contributed by atoms with Gasteiger partial charge in [0.05, 0.1) is 7.11 Å². The number of likely N-dealkylation sites (tertiary alicyclic amines) is 1. The number of methoxy groups -OCH3 is 1. The Balaban J connectivity index is 1.75. The van der Waals surface area contributed by atoms with E-state index in [-0.39, 0.29) is 0 Å². The molecule has 1 aliphatic rings. The Bertz CT molecular complexity index is 370. The zero-order valence-corrected chi connectivity index (χ0v) is 10.8. The van der Waals surface area contributed by atoms with Gasteiger partial charge in [-0.25, -0.2) is 0 Å². The third-order valence-corrected chi connectivity index (χ3v) is 3.36. The van der Waals surface area contributed by atoms with E-state index in [1.54, 1.807) is 7.11 Å². The average molecular weight is 251 g/mol. The van der Waals surface area contributed by atoms with Gasteiger partial charge in [-0.3, -0.25) is 4.90 Å². The smallest absolute Gasteiger partial charge is 0.161 e. The summed E-state index contributed by atoms with van der Waals surface area (Å²) in [5, 5.41) is 9.08. The summed E-state index contributed by atoms with van der Waals surface area (Å²) in [6, 6.07) is 7.68. The zero-order chi connectivity index (χ0) is 12.8. The van der Waals surface area contributed by atoms with E-state index in [4.69, 9.17) is 14.6 Å². The third-order valence-electron chi connectivity index (χ3n) is 3.36. The fourth-order valence-electron chi connectivity index (χ4n) is 2.29. The number of ether oxygens (including phenoxy) is 2. The number of benzene rings is 1. The molecule has 0 saturated carbocycles. The minimum absolute atomic E-state index is 0.296. The lowest BCUT2D eigenvalue weighted by Crippen LogP contribution is -2.26. The molecular weight excluding hydrogens is 230 g/mol. The molecule has 0 amide bonds. The van der Waals surface area contributed by atoms with Crippen LogP contribution < -0.4 is 9.47 Å². The van der Waals surface area contributed by atoms with Crippen LogP contribution in [0.5, 0.6) is 11.5 Å². The number of aliphatic hydroxyl groups excluding tert-OH is 1. The van der Waals surface area contributed by atoms with Gasteiger partial charge in [0.2, 0.25) is 0 Å². The molecule has 1 heterocycles. The minimum Gasteiger partial charge on any atom is -0.493 e. The molecule has 0 radical (unpaired) electrons. The van der Waals surface area contributed by atoms with Crippen LogP contribution in [-0.4, -0.2) is 50.0 Å². The monoisotopic (exact) mass is 251 g/mol. The average Bonchev–Trinajstić information content (AvgIpc) is 2.87. The number of hydrogen-bond donors (Lipinski definition) is 1. The van der Waals surface area contributed by atoms with Gasteiger partial charge in [0, 0.05) is 19.7 Å². The lowest BCUT2D eigenvalue weighted by atomic mass is 10.1. The molecule has 1 aromatic carbocycles. The van der Waals surface area contributed by atoms with Gasteiger partial charge in [-0.1, -0.05) is 12.1 Å². The molecule has 0 bridgehead atoms. The summed E-state index contributed by atoms with van der Waals surface area (Å²) in [6.45, 7) is 3.88. The Hall–Kier alpha value is -1.26. The molecule has 1 aromatic rings. The van der Waals surface area contributed by atoms with Crippen LogP contribution in [0.3, 0.4) is 0 Å². The van der Waals surface area contributed by atoms with Gasteiger partial charge < -0.3 is 14.6 Å². The second-order valence-electron chi connectivity index (χ2n) is 4.64. The molecular formula is C14H21NO3. The molecule has 100 valence electrons. The Morgan fingerprint density at radius 3 is 2.78 bits per heavy atom. The minimum atomic E-state index is 0.296. The normalized spacial score (nSPS) is 20.0. The van der Waals surface area contributed by atoms with Crippen molar-refractivity contribution in [3.05, 3.63) is 24.3 Å². The van der Waals surface area contributed by atoms with Crippen LogP contribution in [0.2, 0.25) is 0 Å². The van der Waals surface area contributed by atoms with E-state index in [9.17, 15) is 0 Å². The fourth-order valence-corrected chi connectivity index (χ4v) is 2.29. The first-order valence-corrected chi connectivity index (χ1v) is 6.42. The van der Waals surface area contributed by atoms with Crippen molar-refractivity contribution < 1.29 is 14.6 Å². The quantitative estimate of drug-likeness (QED) is 0.829. The number of hydrogen-bond acceptors (Lipinski definition) is 4. The van der Waals surface area contributed by atoms with E-state index < -0.39 is 0 Å². The second-order valence-corrected chi connectivity index (χ2v) is 4.64. The predicted octanol–water partition coefficient (Wildman–Crippen LogP) is 1.39. The molecule has 1 fully saturated rings. The molecule has 2 rings (SSSR count). The van der Waals surface area contributed by atoms with Crippen molar-refractivity contribution in [3.8, 4) is 11.5 Å².